The van der Waals surface area contributed by atoms with Crippen molar-refractivity contribution in [2.75, 3.05) is 23.1 Å². The highest BCUT2D eigenvalue weighted by Crippen LogP contribution is 2.33. The summed E-state index contributed by atoms with van der Waals surface area (Å²) in [6, 6.07) is 19.6. The highest BCUT2D eigenvalue weighted by atomic mass is 19.3. The molecule has 0 aliphatic carbocycles. The van der Waals surface area contributed by atoms with Crippen LogP contribution in [0.15, 0.2) is 78.9 Å². The second-order valence-electron chi connectivity index (χ2n) is 6.60. The minimum Gasteiger partial charge on any atom is -0.493 e. The van der Waals surface area contributed by atoms with Gasteiger partial charge in [0.1, 0.15) is 0 Å². The Kier molecular flexibility index (Phi) is 7.96. The molecule has 0 radical (unpaired) electrons. The molecule has 7 nitrogen and oxygen atoms in total. The number of halogens is 2. The standard InChI is InChI=1S/C24H21F2N3O4/c1-32-20-9-5-6-16(22(20)33-23(25)26)10-15-21(30)27-18-11-13-19(14-12-18)29-24(31)28-17-7-3-2-4-8-17/h2-15,23H,1H3,(H,27,30)(H2,28,29,31)/b15-10+. The Labute approximate surface area is 189 Å². The fraction of sp³-hybridized carbons (Fsp3) is 0.0833. The van der Waals surface area contributed by atoms with E-state index in [0.717, 1.165) is 0 Å². The number of anilines is 3. The molecule has 0 bridgehead atoms. The number of ether oxygens (including phenoxy) is 2. The van der Waals surface area contributed by atoms with Crippen LogP contribution in [0.4, 0.5) is 30.6 Å². The van der Waals surface area contributed by atoms with Crippen LogP contribution in [-0.2, 0) is 4.79 Å². The maximum Gasteiger partial charge on any atom is 0.387 e. The maximum atomic E-state index is 12.7. The number of benzene rings is 3. The van der Waals surface area contributed by atoms with E-state index >= 15 is 0 Å². The highest BCUT2D eigenvalue weighted by Gasteiger charge is 2.14. The summed E-state index contributed by atoms with van der Waals surface area (Å²) in [6.45, 7) is -3.04. The van der Waals surface area contributed by atoms with Gasteiger partial charge in [-0.2, -0.15) is 8.78 Å². The molecule has 33 heavy (non-hydrogen) atoms. The summed E-state index contributed by atoms with van der Waals surface area (Å²) in [5.74, 6) is -0.524. The van der Waals surface area contributed by atoms with Crippen molar-refractivity contribution in [2.24, 2.45) is 0 Å². The second-order valence-corrected chi connectivity index (χ2v) is 6.60. The molecule has 3 amide bonds. The van der Waals surface area contributed by atoms with Crippen molar-refractivity contribution in [1.29, 1.82) is 0 Å². The molecule has 0 spiro atoms. The molecule has 3 aromatic rings. The van der Waals surface area contributed by atoms with Gasteiger partial charge >= 0.3 is 12.6 Å². The first-order chi connectivity index (χ1) is 15.9. The molecule has 0 aliphatic rings. The van der Waals surface area contributed by atoms with Gasteiger partial charge in [0.25, 0.3) is 0 Å². The molecule has 0 heterocycles. The van der Waals surface area contributed by atoms with Gasteiger partial charge in [0, 0.05) is 28.7 Å². The summed E-state index contributed by atoms with van der Waals surface area (Å²) in [7, 11) is 1.33. The van der Waals surface area contributed by atoms with E-state index in [1.54, 1.807) is 42.5 Å². The molecule has 3 aromatic carbocycles. The number of urea groups is 1. The van der Waals surface area contributed by atoms with Crippen LogP contribution < -0.4 is 25.4 Å². The first kappa shape index (κ1) is 23.3. The van der Waals surface area contributed by atoms with Gasteiger partial charge in [-0.15, -0.1) is 0 Å². The number of alkyl halides is 2. The summed E-state index contributed by atoms with van der Waals surface area (Å²) in [4.78, 5) is 24.3. The van der Waals surface area contributed by atoms with E-state index in [1.165, 1.54) is 31.4 Å². The van der Waals surface area contributed by atoms with E-state index in [2.05, 4.69) is 20.7 Å². The molecular weight excluding hydrogens is 432 g/mol. The van der Waals surface area contributed by atoms with E-state index in [9.17, 15) is 18.4 Å². The number of hydrogen-bond acceptors (Lipinski definition) is 4. The molecule has 0 atom stereocenters. The molecule has 0 saturated carbocycles. The zero-order valence-electron chi connectivity index (χ0n) is 17.5. The molecule has 3 N–H and O–H groups in total. The Bertz CT molecular complexity index is 1120. The minimum atomic E-state index is -3.04. The number of carbonyl (C=O) groups is 2. The molecule has 3 rings (SSSR count). The van der Waals surface area contributed by atoms with Crippen LogP contribution in [0.1, 0.15) is 5.56 Å². The van der Waals surface area contributed by atoms with Gasteiger partial charge in [-0.25, -0.2) is 4.79 Å². The zero-order valence-corrected chi connectivity index (χ0v) is 17.5. The topological polar surface area (TPSA) is 88.7 Å². The first-order valence-electron chi connectivity index (χ1n) is 9.78. The van der Waals surface area contributed by atoms with Gasteiger partial charge in [0.15, 0.2) is 11.5 Å². The van der Waals surface area contributed by atoms with Gasteiger partial charge in [0.2, 0.25) is 5.91 Å². The fourth-order valence-corrected chi connectivity index (χ4v) is 2.84. The highest BCUT2D eigenvalue weighted by molar-refractivity contribution is 6.03. The Morgan fingerprint density at radius 3 is 2.03 bits per heavy atom. The van der Waals surface area contributed by atoms with E-state index in [-0.39, 0.29) is 17.1 Å². The Balaban J connectivity index is 1.59. The van der Waals surface area contributed by atoms with Gasteiger partial charge in [-0.1, -0.05) is 30.3 Å². The van der Waals surface area contributed by atoms with Gasteiger partial charge in [-0.3, -0.25) is 4.79 Å². The fourth-order valence-electron chi connectivity index (χ4n) is 2.84. The zero-order chi connectivity index (χ0) is 23.6. The van der Waals surface area contributed by atoms with E-state index in [0.29, 0.717) is 17.1 Å². The SMILES string of the molecule is COc1cccc(/C=C/C(=O)Nc2ccc(NC(=O)Nc3ccccc3)cc2)c1OC(F)F. The number of nitrogens with one attached hydrogen (secondary N) is 3. The molecular formula is C24H21F2N3O4. The molecule has 0 aliphatic heterocycles. The number of hydrogen-bond donors (Lipinski definition) is 3. The largest absolute Gasteiger partial charge is 0.493 e. The van der Waals surface area contributed by atoms with Crippen molar-refractivity contribution in [3.63, 3.8) is 0 Å². The second kappa shape index (κ2) is 11.3. The van der Waals surface area contributed by atoms with Crippen LogP contribution in [-0.4, -0.2) is 25.7 Å². The normalized spacial score (nSPS) is 10.7. The lowest BCUT2D eigenvalue weighted by Crippen LogP contribution is -2.19. The summed E-state index contributed by atoms with van der Waals surface area (Å²) in [5, 5.41) is 8.03. The van der Waals surface area contributed by atoms with E-state index < -0.39 is 18.5 Å². The van der Waals surface area contributed by atoms with Gasteiger partial charge in [-0.05, 0) is 48.5 Å². The van der Waals surface area contributed by atoms with E-state index in [1.807, 2.05) is 18.2 Å². The lowest BCUT2D eigenvalue weighted by Gasteiger charge is -2.12. The summed E-state index contributed by atoms with van der Waals surface area (Å²) in [6.07, 6.45) is 2.53. The van der Waals surface area contributed by atoms with Crippen molar-refractivity contribution >= 4 is 35.1 Å². The third-order valence-electron chi connectivity index (χ3n) is 4.29. The lowest BCUT2D eigenvalue weighted by molar-refractivity contribution is -0.111. The van der Waals surface area contributed by atoms with Gasteiger partial charge in [0.05, 0.1) is 7.11 Å². The van der Waals surface area contributed by atoms with Crippen LogP contribution in [0.3, 0.4) is 0 Å². The van der Waals surface area contributed by atoms with Gasteiger partial charge < -0.3 is 25.4 Å². The monoisotopic (exact) mass is 453 g/mol. The molecule has 0 fully saturated rings. The van der Waals surface area contributed by atoms with Crippen LogP contribution >= 0.6 is 0 Å². The maximum absolute atomic E-state index is 12.7. The Morgan fingerprint density at radius 2 is 1.42 bits per heavy atom. The Morgan fingerprint density at radius 1 is 0.818 bits per heavy atom. The molecule has 0 unspecified atom stereocenters. The van der Waals surface area contributed by atoms with Crippen molar-refractivity contribution in [2.45, 2.75) is 6.61 Å². The summed E-state index contributed by atoms with van der Waals surface area (Å²) in [5.41, 5.74) is 1.92. The third-order valence-corrected chi connectivity index (χ3v) is 4.29. The molecule has 0 saturated heterocycles. The predicted octanol–water partition coefficient (Wildman–Crippen LogP) is 5.59. The average molecular weight is 453 g/mol. The molecule has 0 aromatic heterocycles. The van der Waals surface area contributed by atoms with Crippen molar-refractivity contribution in [3.8, 4) is 11.5 Å². The lowest BCUT2D eigenvalue weighted by atomic mass is 10.1. The minimum absolute atomic E-state index is 0.122. The number of carbonyl (C=O) groups excluding carboxylic acids is 2. The smallest absolute Gasteiger partial charge is 0.387 e. The number of amides is 3. The molecule has 170 valence electrons. The van der Waals surface area contributed by atoms with Crippen LogP contribution in [0.5, 0.6) is 11.5 Å². The number of para-hydroxylation sites is 2. The number of rotatable bonds is 8. The van der Waals surface area contributed by atoms with E-state index in [4.69, 9.17) is 4.74 Å². The van der Waals surface area contributed by atoms with Crippen LogP contribution in [0, 0.1) is 0 Å². The number of methoxy groups -OCH3 is 1. The summed E-state index contributed by atoms with van der Waals surface area (Å²) < 4.78 is 35.0. The molecule has 9 heteroatoms. The van der Waals surface area contributed by atoms with Crippen molar-refractivity contribution in [1.82, 2.24) is 0 Å². The van der Waals surface area contributed by atoms with Crippen molar-refractivity contribution < 1.29 is 27.8 Å². The van der Waals surface area contributed by atoms with Crippen LogP contribution in [0.25, 0.3) is 6.08 Å². The average Bonchev–Trinajstić information content (AvgIpc) is 2.80. The first-order valence-corrected chi connectivity index (χ1v) is 9.78. The van der Waals surface area contributed by atoms with Crippen LogP contribution in [0.2, 0.25) is 0 Å². The third kappa shape index (κ3) is 7.06. The Hall–Kier alpha value is -4.40. The predicted molar refractivity (Wildman–Crippen MR) is 123 cm³/mol. The summed E-state index contributed by atoms with van der Waals surface area (Å²) >= 11 is 0. The van der Waals surface area contributed by atoms with Crippen molar-refractivity contribution in [3.05, 3.63) is 84.4 Å². The quantitative estimate of drug-likeness (QED) is 0.388.